The summed E-state index contributed by atoms with van der Waals surface area (Å²) in [5.41, 5.74) is 3.29. The van der Waals surface area contributed by atoms with Crippen LogP contribution in [0.1, 0.15) is 24.1 Å². The molecule has 27 heavy (non-hydrogen) atoms. The van der Waals surface area contributed by atoms with Crippen molar-refractivity contribution >= 4 is 40.5 Å². The smallest absolute Gasteiger partial charge is 0.142 e. The van der Waals surface area contributed by atoms with E-state index in [9.17, 15) is 0 Å². The van der Waals surface area contributed by atoms with Crippen LogP contribution in [0.3, 0.4) is 0 Å². The lowest BCUT2D eigenvalue weighted by atomic mass is 10.2. The Kier molecular flexibility index (Phi) is 5.34. The van der Waals surface area contributed by atoms with Gasteiger partial charge < -0.3 is 4.84 Å². The summed E-state index contributed by atoms with van der Waals surface area (Å²) < 4.78 is 1.65. The van der Waals surface area contributed by atoms with Gasteiger partial charge in [-0.25, -0.2) is 4.68 Å². The molecule has 4 rings (SSSR count). The summed E-state index contributed by atoms with van der Waals surface area (Å²) in [4.78, 5) is 5.56. The summed E-state index contributed by atoms with van der Waals surface area (Å²) in [6, 6.07) is 12.8. The molecule has 0 unspecified atom stereocenters. The minimum absolute atomic E-state index is 0.356. The van der Waals surface area contributed by atoms with Gasteiger partial charge in [0.2, 0.25) is 0 Å². The maximum Gasteiger partial charge on any atom is 0.142 e. The Morgan fingerprint density at radius 3 is 2.56 bits per heavy atom. The first-order chi connectivity index (χ1) is 13.1. The Hall–Kier alpha value is -2.08. The molecule has 1 fully saturated rings. The lowest BCUT2D eigenvalue weighted by molar-refractivity contribution is 0.130. The monoisotopic (exact) mass is 420 g/mol. The topological polar surface area (TPSA) is 52.3 Å². The molecular formula is C19H15Cl3N4O. The van der Waals surface area contributed by atoms with E-state index in [-0.39, 0.29) is 0 Å². The minimum Gasteiger partial charge on any atom is -0.391 e. The van der Waals surface area contributed by atoms with E-state index in [2.05, 4.69) is 15.5 Å². The highest BCUT2D eigenvalue weighted by Gasteiger charge is 2.31. The summed E-state index contributed by atoms with van der Waals surface area (Å²) in [7, 11) is 0. The SMILES string of the molecule is Clc1ccc(CO/N=C(\c2cn(-c3ccc(Cl)c(Cl)c3)nn2)C2CC2)cc1. The highest BCUT2D eigenvalue weighted by atomic mass is 35.5. The molecule has 0 bridgehead atoms. The predicted molar refractivity (Wildman–Crippen MR) is 107 cm³/mol. The van der Waals surface area contributed by atoms with Crippen LogP contribution in [0, 0.1) is 5.92 Å². The Bertz CT molecular complexity index is 981. The molecule has 0 radical (unpaired) electrons. The average molecular weight is 422 g/mol. The Morgan fingerprint density at radius 1 is 1.07 bits per heavy atom. The molecule has 1 aliphatic carbocycles. The fourth-order valence-electron chi connectivity index (χ4n) is 2.58. The number of aromatic nitrogens is 3. The normalized spacial score (nSPS) is 14.4. The van der Waals surface area contributed by atoms with Crippen molar-refractivity contribution in [1.29, 1.82) is 0 Å². The van der Waals surface area contributed by atoms with Gasteiger partial charge in [0.25, 0.3) is 0 Å². The third-order valence-corrected chi connectivity index (χ3v) is 5.19. The molecule has 8 heteroatoms. The first-order valence-electron chi connectivity index (χ1n) is 8.42. The minimum atomic E-state index is 0.356. The van der Waals surface area contributed by atoms with Crippen LogP contribution >= 0.6 is 34.8 Å². The van der Waals surface area contributed by atoms with Crippen LogP contribution < -0.4 is 0 Å². The van der Waals surface area contributed by atoms with Crippen LogP contribution in [0.25, 0.3) is 5.69 Å². The molecule has 5 nitrogen and oxygen atoms in total. The number of rotatable bonds is 6. The standard InChI is InChI=1S/C19H15Cl3N4O/c20-14-5-1-12(2-6-14)11-27-24-19(13-3-4-13)18-10-26(25-23-18)15-7-8-16(21)17(22)9-15/h1-2,5-10,13H,3-4,11H2/b24-19-. The molecular weight excluding hydrogens is 407 g/mol. The molecule has 0 saturated heterocycles. The molecule has 1 saturated carbocycles. The summed E-state index contributed by atoms with van der Waals surface area (Å²) in [6.45, 7) is 0.369. The van der Waals surface area contributed by atoms with Gasteiger partial charge in [0.05, 0.1) is 21.9 Å². The molecule has 138 valence electrons. The van der Waals surface area contributed by atoms with Crippen LogP contribution in [-0.2, 0) is 11.4 Å². The molecule has 0 atom stereocenters. The molecule has 0 spiro atoms. The summed E-state index contributed by atoms with van der Waals surface area (Å²) in [5.74, 6) is 0.356. The number of hydrogen-bond acceptors (Lipinski definition) is 4. The predicted octanol–water partition coefficient (Wildman–Crippen LogP) is 5.56. The van der Waals surface area contributed by atoms with Crippen molar-refractivity contribution in [3.05, 3.63) is 75.0 Å². The second kappa shape index (κ2) is 7.89. The van der Waals surface area contributed by atoms with E-state index < -0.39 is 0 Å². The van der Waals surface area contributed by atoms with E-state index in [0.29, 0.717) is 33.3 Å². The van der Waals surface area contributed by atoms with Gasteiger partial charge in [-0.2, -0.15) is 0 Å². The zero-order chi connectivity index (χ0) is 18.8. The third kappa shape index (κ3) is 4.43. The number of hydrogen-bond donors (Lipinski definition) is 0. The molecule has 1 aromatic heterocycles. The van der Waals surface area contributed by atoms with Crippen molar-refractivity contribution in [3.8, 4) is 5.69 Å². The third-order valence-electron chi connectivity index (χ3n) is 4.19. The van der Waals surface area contributed by atoms with Gasteiger partial charge in [-0.1, -0.05) is 57.3 Å². The van der Waals surface area contributed by atoms with Gasteiger partial charge in [-0.3, -0.25) is 0 Å². The Morgan fingerprint density at radius 2 is 1.85 bits per heavy atom. The average Bonchev–Trinajstić information content (AvgIpc) is 3.39. The van der Waals surface area contributed by atoms with E-state index in [0.717, 1.165) is 29.8 Å². The number of halogens is 3. The quantitative estimate of drug-likeness (QED) is 0.387. The van der Waals surface area contributed by atoms with Gasteiger partial charge in [0.1, 0.15) is 18.0 Å². The molecule has 1 aliphatic rings. The first kappa shape index (κ1) is 18.3. The van der Waals surface area contributed by atoms with Crippen LogP contribution in [-0.4, -0.2) is 20.7 Å². The van der Waals surface area contributed by atoms with Gasteiger partial charge in [-0.05, 0) is 48.7 Å². The zero-order valence-corrected chi connectivity index (χ0v) is 16.4. The summed E-state index contributed by atoms with van der Waals surface area (Å²) >= 11 is 18.0. The van der Waals surface area contributed by atoms with Crippen molar-refractivity contribution in [1.82, 2.24) is 15.0 Å². The molecule has 1 heterocycles. The van der Waals surface area contributed by atoms with E-state index >= 15 is 0 Å². The Balaban J connectivity index is 1.51. The van der Waals surface area contributed by atoms with Gasteiger partial charge in [0.15, 0.2) is 0 Å². The van der Waals surface area contributed by atoms with Gasteiger partial charge in [0, 0.05) is 10.9 Å². The number of oxime groups is 1. The maximum atomic E-state index is 6.08. The number of nitrogens with zero attached hydrogens (tertiary/aromatic N) is 4. The second-order valence-corrected chi connectivity index (χ2v) is 7.55. The first-order valence-corrected chi connectivity index (χ1v) is 9.56. The molecule has 3 aromatic rings. The molecule has 0 N–H and O–H groups in total. The van der Waals surface area contributed by atoms with Gasteiger partial charge in [-0.15, -0.1) is 5.10 Å². The van der Waals surface area contributed by atoms with Crippen molar-refractivity contribution in [2.45, 2.75) is 19.4 Å². The Labute approximate surface area is 171 Å². The summed E-state index contributed by atoms with van der Waals surface area (Å²) in [5, 5.41) is 14.4. The molecule has 2 aromatic carbocycles. The van der Waals surface area contributed by atoms with E-state index in [1.165, 1.54) is 0 Å². The van der Waals surface area contributed by atoms with Crippen molar-refractivity contribution < 1.29 is 4.84 Å². The van der Waals surface area contributed by atoms with Crippen LogP contribution in [0.5, 0.6) is 0 Å². The lowest BCUT2D eigenvalue weighted by Gasteiger charge is -2.04. The molecule has 0 aliphatic heterocycles. The largest absolute Gasteiger partial charge is 0.391 e. The van der Waals surface area contributed by atoms with Crippen LogP contribution in [0.2, 0.25) is 15.1 Å². The van der Waals surface area contributed by atoms with Crippen LogP contribution in [0.15, 0.2) is 53.8 Å². The van der Waals surface area contributed by atoms with Crippen molar-refractivity contribution in [3.63, 3.8) is 0 Å². The van der Waals surface area contributed by atoms with E-state index in [1.54, 1.807) is 16.8 Å². The fourth-order valence-corrected chi connectivity index (χ4v) is 3.00. The van der Waals surface area contributed by atoms with Gasteiger partial charge >= 0.3 is 0 Å². The highest BCUT2D eigenvalue weighted by molar-refractivity contribution is 6.42. The number of benzene rings is 2. The van der Waals surface area contributed by atoms with E-state index in [4.69, 9.17) is 39.6 Å². The lowest BCUT2D eigenvalue weighted by Crippen LogP contribution is -2.05. The fraction of sp³-hybridized carbons (Fsp3) is 0.211. The van der Waals surface area contributed by atoms with Crippen LogP contribution in [0.4, 0.5) is 0 Å². The summed E-state index contributed by atoms with van der Waals surface area (Å²) in [6.07, 6.45) is 3.97. The van der Waals surface area contributed by atoms with Crippen molar-refractivity contribution in [2.24, 2.45) is 11.1 Å². The maximum absolute atomic E-state index is 6.08. The second-order valence-electron chi connectivity index (χ2n) is 6.30. The molecule has 0 amide bonds. The zero-order valence-electron chi connectivity index (χ0n) is 14.1. The van der Waals surface area contributed by atoms with E-state index in [1.807, 2.05) is 36.5 Å². The van der Waals surface area contributed by atoms with Crippen molar-refractivity contribution in [2.75, 3.05) is 0 Å². The highest BCUT2D eigenvalue weighted by Crippen LogP contribution is 2.33.